The van der Waals surface area contributed by atoms with E-state index in [1.54, 1.807) is 6.20 Å². The van der Waals surface area contributed by atoms with E-state index in [1.807, 2.05) is 17.0 Å². The van der Waals surface area contributed by atoms with Crippen LogP contribution in [0.1, 0.15) is 49.0 Å². The molecule has 20 heavy (non-hydrogen) atoms. The lowest BCUT2D eigenvalue weighted by Gasteiger charge is -2.21. The molecular weight excluding hydrogens is 250 g/mol. The first-order chi connectivity index (χ1) is 9.84. The number of aromatic nitrogens is 1. The number of nitrogens with zero attached hydrogens (tertiary/aromatic N) is 3. The number of pyridine rings is 1. The Morgan fingerprint density at radius 3 is 2.30 bits per heavy atom. The number of anilines is 1. The van der Waals surface area contributed by atoms with E-state index >= 15 is 0 Å². The molecule has 2 fully saturated rings. The fourth-order valence-corrected chi connectivity index (χ4v) is 3.14. The van der Waals surface area contributed by atoms with E-state index in [1.165, 1.54) is 25.7 Å². The minimum atomic E-state index is 0.105. The van der Waals surface area contributed by atoms with Crippen LogP contribution in [-0.4, -0.2) is 42.0 Å². The molecule has 0 bridgehead atoms. The monoisotopic (exact) mass is 273 g/mol. The zero-order valence-corrected chi connectivity index (χ0v) is 12.1. The van der Waals surface area contributed by atoms with Gasteiger partial charge in [-0.3, -0.25) is 9.78 Å². The Morgan fingerprint density at radius 2 is 1.60 bits per heavy atom. The molecule has 1 amide bonds. The van der Waals surface area contributed by atoms with Crippen molar-refractivity contribution in [2.45, 2.75) is 38.5 Å². The molecule has 3 heterocycles. The largest absolute Gasteiger partial charge is 0.371 e. The highest BCUT2D eigenvalue weighted by atomic mass is 16.2. The molecule has 0 aliphatic carbocycles. The van der Waals surface area contributed by atoms with Gasteiger partial charge in [-0.2, -0.15) is 0 Å². The summed E-state index contributed by atoms with van der Waals surface area (Å²) in [6.45, 7) is 3.96. The van der Waals surface area contributed by atoms with Crippen LogP contribution in [0.2, 0.25) is 0 Å². The molecule has 4 heteroatoms. The Kier molecular flexibility index (Phi) is 4.19. The van der Waals surface area contributed by atoms with E-state index < -0.39 is 0 Å². The number of carbonyl (C=O) groups excluding carboxylic acids is 1. The first-order valence-corrected chi connectivity index (χ1v) is 7.85. The van der Waals surface area contributed by atoms with Crippen LogP contribution < -0.4 is 4.90 Å². The minimum Gasteiger partial charge on any atom is -0.371 e. The third-order valence-corrected chi connectivity index (χ3v) is 4.33. The van der Waals surface area contributed by atoms with Crippen LogP contribution in [0.3, 0.4) is 0 Å². The number of likely N-dealkylation sites (tertiary alicyclic amines) is 1. The van der Waals surface area contributed by atoms with Gasteiger partial charge in [0.1, 0.15) is 5.69 Å². The van der Waals surface area contributed by atoms with Crippen LogP contribution >= 0.6 is 0 Å². The summed E-state index contributed by atoms with van der Waals surface area (Å²) < 4.78 is 0. The summed E-state index contributed by atoms with van der Waals surface area (Å²) in [5.41, 5.74) is 1.76. The van der Waals surface area contributed by atoms with Crippen molar-refractivity contribution in [2.24, 2.45) is 0 Å². The Balaban J connectivity index is 1.75. The quantitative estimate of drug-likeness (QED) is 0.831. The topological polar surface area (TPSA) is 36.4 Å². The summed E-state index contributed by atoms with van der Waals surface area (Å²) in [7, 11) is 0. The van der Waals surface area contributed by atoms with Gasteiger partial charge in [0.05, 0.1) is 0 Å². The highest BCUT2D eigenvalue weighted by Gasteiger charge is 2.20. The fraction of sp³-hybridized carbons (Fsp3) is 0.625. The lowest BCUT2D eigenvalue weighted by molar-refractivity contribution is 0.0756. The summed E-state index contributed by atoms with van der Waals surface area (Å²) in [6.07, 6.45) is 9.00. The molecule has 1 aromatic rings. The Hall–Kier alpha value is -1.58. The van der Waals surface area contributed by atoms with Gasteiger partial charge in [0, 0.05) is 38.1 Å². The van der Waals surface area contributed by atoms with Gasteiger partial charge in [0.15, 0.2) is 0 Å². The lowest BCUT2D eigenvalue weighted by atomic mass is 10.2. The standard InChI is InChI=1S/C16H23N3O/c20-16(19-11-3-1-2-4-12-19)15-13-14(7-8-17-15)18-9-5-6-10-18/h7-8,13H,1-6,9-12H2. The number of hydrogen-bond donors (Lipinski definition) is 0. The van der Waals surface area contributed by atoms with E-state index in [0.717, 1.165) is 44.7 Å². The van der Waals surface area contributed by atoms with E-state index in [0.29, 0.717) is 5.69 Å². The molecule has 2 aliphatic rings. The van der Waals surface area contributed by atoms with Crippen molar-refractivity contribution in [3.05, 3.63) is 24.0 Å². The first kappa shape index (κ1) is 13.4. The molecule has 0 N–H and O–H groups in total. The maximum Gasteiger partial charge on any atom is 0.272 e. The molecule has 0 spiro atoms. The van der Waals surface area contributed by atoms with Gasteiger partial charge in [-0.15, -0.1) is 0 Å². The highest BCUT2D eigenvalue weighted by Crippen LogP contribution is 2.21. The van der Waals surface area contributed by atoms with Crippen LogP contribution in [0.4, 0.5) is 5.69 Å². The van der Waals surface area contributed by atoms with Crippen LogP contribution in [0.25, 0.3) is 0 Å². The molecule has 0 radical (unpaired) electrons. The Morgan fingerprint density at radius 1 is 0.950 bits per heavy atom. The minimum absolute atomic E-state index is 0.105. The molecule has 0 unspecified atom stereocenters. The van der Waals surface area contributed by atoms with Crippen molar-refractivity contribution in [1.82, 2.24) is 9.88 Å². The highest BCUT2D eigenvalue weighted by molar-refractivity contribution is 5.93. The summed E-state index contributed by atoms with van der Waals surface area (Å²) in [5.74, 6) is 0.105. The second kappa shape index (κ2) is 6.25. The average Bonchev–Trinajstić information content (AvgIpc) is 2.89. The van der Waals surface area contributed by atoms with Crippen LogP contribution in [0.15, 0.2) is 18.3 Å². The molecule has 2 saturated heterocycles. The number of carbonyl (C=O) groups is 1. The van der Waals surface area contributed by atoms with Gasteiger partial charge in [-0.1, -0.05) is 12.8 Å². The zero-order chi connectivity index (χ0) is 13.8. The fourth-order valence-electron chi connectivity index (χ4n) is 3.14. The average molecular weight is 273 g/mol. The van der Waals surface area contributed by atoms with Crippen molar-refractivity contribution < 1.29 is 4.79 Å². The van der Waals surface area contributed by atoms with Gasteiger partial charge in [-0.25, -0.2) is 0 Å². The normalized spacial score (nSPS) is 20.0. The molecule has 0 atom stereocenters. The molecule has 2 aliphatic heterocycles. The third kappa shape index (κ3) is 2.94. The zero-order valence-electron chi connectivity index (χ0n) is 12.1. The molecule has 0 aromatic carbocycles. The van der Waals surface area contributed by atoms with Crippen molar-refractivity contribution >= 4 is 11.6 Å². The second-order valence-corrected chi connectivity index (χ2v) is 5.80. The SMILES string of the molecule is O=C(c1cc(N2CCCC2)ccn1)N1CCCCCC1. The smallest absolute Gasteiger partial charge is 0.272 e. The predicted octanol–water partition coefficient (Wildman–Crippen LogP) is 2.70. The van der Waals surface area contributed by atoms with Gasteiger partial charge in [0.25, 0.3) is 5.91 Å². The van der Waals surface area contributed by atoms with Crippen molar-refractivity contribution in [3.63, 3.8) is 0 Å². The molecule has 108 valence electrons. The Labute approximate surface area is 120 Å². The van der Waals surface area contributed by atoms with Crippen molar-refractivity contribution in [3.8, 4) is 0 Å². The predicted molar refractivity (Wildman–Crippen MR) is 80.1 cm³/mol. The molecule has 4 nitrogen and oxygen atoms in total. The first-order valence-electron chi connectivity index (χ1n) is 7.85. The maximum atomic E-state index is 12.6. The summed E-state index contributed by atoms with van der Waals surface area (Å²) >= 11 is 0. The summed E-state index contributed by atoms with van der Waals surface area (Å²) in [6, 6.07) is 3.99. The van der Waals surface area contributed by atoms with Crippen molar-refractivity contribution in [2.75, 3.05) is 31.1 Å². The maximum absolute atomic E-state index is 12.6. The lowest BCUT2D eigenvalue weighted by Crippen LogP contribution is -2.32. The number of amides is 1. The van der Waals surface area contributed by atoms with E-state index in [4.69, 9.17) is 0 Å². The molecule has 1 aromatic heterocycles. The summed E-state index contributed by atoms with van der Waals surface area (Å²) in [4.78, 5) is 21.2. The van der Waals surface area contributed by atoms with Gasteiger partial charge in [0.2, 0.25) is 0 Å². The Bertz CT molecular complexity index is 461. The van der Waals surface area contributed by atoms with E-state index in [-0.39, 0.29) is 5.91 Å². The molecular formula is C16H23N3O. The van der Waals surface area contributed by atoms with E-state index in [2.05, 4.69) is 9.88 Å². The van der Waals surface area contributed by atoms with Gasteiger partial charge < -0.3 is 9.80 Å². The molecule has 0 saturated carbocycles. The number of rotatable bonds is 2. The van der Waals surface area contributed by atoms with Crippen molar-refractivity contribution in [1.29, 1.82) is 0 Å². The summed E-state index contributed by atoms with van der Waals surface area (Å²) in [5, 5.41) is 0. The molecule has 3 rings (SSSR count). The van der Waals surface area contributed by atoms with Crippen LogP contribution in [0, 0.1) is 0 Å². The van der Waals surface area contributed by atoms with Crippen LogP contribution in [0.5, 0.6) is 0 Å². The van der Waals surface area contributed by atoms with Gasteiger partial charge >= 0.3 is 0 Å². The van der Waals surface area contributed by atoms with Crippen LogP contribution in [-0.2, 0) is 0 Å². The van der Waals surface area contributed by atoms with Gasteiger partial charge in [-0.05, 0) is 37.8 Å². The second-order valence-electron chi connectivity index (χ2n) is 5.80. The van der Waals surface area contributed by atoms with E-state index in [9.17, 15) is 4.79 Å². The number of hydrogen-bond acceptors (Lipinski definition) is 3. The third-order valence-electron chi connectivity index (χ3n) is 4.33.